The van der Waals surface area contributed by atoms with Gasteiger partial charge in [0.1, 0.15) is 5.70 Å². The highest BCUT2D eigenvalue weighted by molar-refractivity contribution is 7.94. The molecule has 1 saturated heterocycles. The zero-order valence-electron chi connectivity index (χ0n) is 15.6. The van der Waals surface area contributed by atoms with Gasteiger partial charge in [-0.15, -0.1) is 0 Å². The number of carbonyl (C=O) groups excluding carboxylic acids is 2. The maximum absolute atomic E-state index is 13.2. The zero-order valence-corrected chi connectivity index (χ0v) is 16.4. The van der Waals surface area contributed by atoms with Crippen molar-refractivity contribution in [2.24, 2.45) is 0 Å². The third-order valence-electron chi connectivity index (χ3n) is 4.87. The number of rotatable bonds is 6. The lowest BCUT2D eigenvalue weighted by Gasteiger charge is -2.34. The summed E-state index contributed by atoms with van der Waals surface area (Å²) in [5.74, 6) is -1.04. The van der Waals surface area contributed by atoms with Crippen molar-refractivity contribution in [1.82, 2.24) is 9.21 Å². The molecule has 0 radical (unpaired) electrons. The van der Waals surface area contributed by atoms with E-state index in [0.29, 0.717) is 39.3 Å². The summed E-state index contributed by atoms with van der Waals surface area (Å²) < 4.78 is 33.0. The number of carbonyl (C=O) groups is 2. The van der Waals surface area contributed by atoms with Crippen molar-refractivity contribution in [3.8, 4) is 0 Å². The molecule has 1 aromatic carbocycles. The molecular formula is C19H24N2O5S. The van der Waals surface area contributed by atoms with Gasteiger partial charge in [-0.3, -0.25) is 9.59 Å². The first-order chi connectivity index (χ1) is 12.9. The summed E-state index contributed by atoms with van der Waals surface area (Å²) in [4.78, 5) is 27.6. The molecule has 1 aliphatic heterocycles. The number of ether oxygens (including phenoxy) is 1. The Morgan fingerprint density at radius 3 is 2.26 bits per heavy atom. The number of hydrogen-bond donors (Lipinski definition) is 0. The maximum Gasteiger partial charge on any atom is 0.248 e. The smallest absolute Gasteiger partial charge is 0.248 e. The summed E-state index contributed by atoms with van der Waals surface area (Å²) in [5.41, 5.74) is 0.367. The van der Waals surface area contributed by atoms with Gasteiger partial charge in [-0.2, -0.15) is 0 Å². The number of ketones is 2. The van der Waals surface area contributed by atoms with Crippen LogP contribution < -0.4 is 0 Å². The van der Waals surface area contributed by atoms with Crippen molar-refractivity contribution in [3.05, 3.63) is 46.0 Å². The zero-order chi connectivity index (χ0) is 19.6. The van der Waals surface area contributed by atoms with Crippen LogP contribution in [0.1, 0.15) is 40.5 Å². The molecule has 2 aliphatic rings. The second-order valence-electron chi connectivity index (χ2n) is 6.66. The van der Waals surface area contributed by atoms with Gasteiger partial charge in [0.25, 0.3) is 0 Å². The molecule has 27 heavy (non-hydrogen) atoms. The van der Waals surface area contributed by atoms with Crippen molar-refractivity contribution in [1.29, 1.82) is 0 Å². The van der Waals surface area contributed by atoms with Gasteiger partial charge in [-0.25, -0.2) is 12.7 Å². The summed E-state index contributed by atoms with van der Waals surface area (Å²) >= 11 is 0. The van der Waals surface area contributed by atoms with E-state index in [0.717, 1.165) is 6.42 Å². The molecule has 0 spiro atoms. The summed E-state index contributed by atoms with van der Waals surface area (Å²) in [6.45, 7) is 3.76. The van der Waals surface area contributed by atoms with E-state index in [2.05, 4.69) is 0 Å². The molecule has 8 heteroatoms. The molecule has 1 heterocycles. The Kier molecular flexibility index (Phi) is 5.78. The first kappa shape index (κ1) is 19.7. The van der Waals surface area contributed by atoms with Crippen molar-refractivity contribution < 1.29 is 22.7 Å². The molecule has 0 N–H and O–H groups in total. The second-order valence-corrected chi connectivity index (χ2v) is 8.64. The van der Waals surface area contributed by atoms with Gasteiger partial charge in [0, 0.05) is 37.8 Å². The Labute approximate surface area is 159 Å². The number of allylic oxidation sites excluding steroid dienone is 2. The van der Waals surface area contributed by atoms with Crippen LogP contribution in [-0.2, 0) is 14.8 Å². The largest absolute Gasteiger partial charge is 0.378 e. The van der Waals surface area contributed by atoms with Gasteiger partial charge in [0.2, 0.25) is 21.6 Å². The first-order valence-electron chi connectivity index (χ1n) is 9.11. The van der Waals surface area contributed by atoms with E-state index in [1.807, 2.05) is 6.92 Å². The first-order valence-corrected chi connectivity index (χ1v) is 10.5. The highest BCUT2D eigenvalue weighted by atomic mass is 32.2. The number of morpholine rings is 1. The maximum atomic E-state index is 13.2. The second kappa shape index (κ2) is 7.92. The van der Waals surface area contributed by atoms with Crippen LogP contribution in [0, 0.1) is 0 Å². The van der Waals surface area contributed by atoms with Gasteiger partial charge in [-0.05, 0) is 6.42 Å². The minimum Gasteiger partial charge on any atom is -0.378 e. The average molecular weight is 392 g/mol. The number of nitrogens with zero attached hydrogens (tertiary/aromatic N) is 2. The standard InChI is InChI=1S/C19H24N2O5S/c1-3-4-9-20(2)27(24,25)19-16(21-10-12-26-13-11-21)17(22)14-7-5-6-8-15(14)18(19)23/h5-8H,3-4,9-13H2,1-2H3. The highest BCUT2D eigenvalue weighted by Gasteiger charge is 2.42. The topological polar surface area (TPSA) is 84.0 Å². The summed E-state index contributed by atoms with van der Waals surface area (Å²) in [7, 11) is -2.65. The number of benzene rings is 1. The molecule has 0 saturated carbocycles. The van der Waals surface area contributed by atoms with E-state index in [1.54, 1.807) is 23.1 Å². The Balaban J connectivity index is 2.17. The Bertz CT molecular complexity index is 885. The predicted molar refractivity (Wildman–Crippen MR) is 101 cm³/mol. The van der Waals surface area contributed by atoms with Crippen LogP contribution in [0.25, 0.3) is 0 Å². The molecule has 146 valence electrons. The van der Waals surface area contributed by atoms with Crippen molar-refractivity contribution in [2.45, 2.75) is 19.8 Å². The lowest BCUT2D eigenvalue weighted by atomic mass is 9.91. The van der Waals surface area contributed by atoms with E-state index in [1.165, 1.54) is 17.4 Å². The molecule has 0 atom stereocenters. The lowest BCUT2D eigenvalue weighted by molar-refractivity contribution is 0.0498. The Morgan fingerprint density at radius 1 is 1.07 bits per heavy atom. The van der Waals surface area contributed by atoms with E-state index in [9.17, 15) is 18.0 Å². The number of Topliss-reactive ketones (excluding diaryl/α,β-unsaturated/α-hetero) is 2. The van der Waals surface area contributed by atoms with Crippen molar-refractivity contribution in [2.75, 3.05) is 39.9 Å². The van der Waals surface area contributed by atoms with Gasteiger partial charge in [0.05, 0.1) is 13.2 Å². The van der Waals surface area contributed by atoms with Gasteiger partial charge in [-0.1, -0.05) is 37.6 Å². The minimum absolute atomic E-state index is 0.0228. The third-order valence-corrected chi connectivity index (χ3v) is 6.77. The number of sulfonamides is 1. The van der Waals surface area contributed by atoms with Crippen LogP contribution in [0.5, 0.6) is 0 Å². The fraction of sp³-hybridized carbons (Fsp3) is 0.474. The van der Waals surface area contributed by atoms with Gasteiger partial charge >= 0.3 is 0 Å². The van der Waals surface area contributed by atoms with Crippen LogP contribution >= 0.6 is 0 Å². The van der Waals surface area contributed by atoms with Crippen LogP contribution in [0.15, 0.2) is 34.9 Å². The number of hydrogen-bond acceptors (Lipinski definition) is 6. The van der Waals surface area contributed by atoms with E-state index in [4.69, 9.17) is 4.74 Å². The molecule has 1 fully saturated rings. The van der Waals surface area contributed by atoms with Crippen LogP contribution in [0.2, 0.25) is 0 Å². The summed E-state index contributed by atoms with van der Waals surface area (Å²) in [6, 6.07) is 6.38. The molecule has 1 aromatic rings. The van der Waals surface area contributed by atoms with E-state index < -0.39 is 26.5 Å². The molecular weight excluding hydrogens is 368 g/mol. The fourth-order valence-electron chi connectivity index (χ4n) is 3.31. The van der Waals surface area contributed by atoms with Crippen molar-refractivity contribution >= 4 is 21.6 Å². The van der Waals surface area contributed by atoms with E-state index >= 15 is 0 Å². The molecule has 0 aromatic heterocycles. The third kappa shape index (κ3) is 3.56. The van der Waals surface area contributed by atoms with Crippen molar-refractivity contribution in [3.63, 3.8) is 0 Å². The number of unbranched alkanes of at least 4 members (excludes halogenated alkanes) is 1. The van der Waals surface area contributed by atoms with E-state index in [-0.39, 0.29) is 16.8 Å². The molecule has 0 amide bonds. The number of fused-ring (bicyclic) bond motifs is 1. The monoisotopic (exact) mass is 392 g/mol. The molecule has 0 bridgehead atoms. The molecule has 1 aliphatic carbocycles. The summed E-state index contributed by atoms with van der Waals surface area (Å²) in [5, 5.41) is 0. The lowest BCUT2D eigenvalue weighted by Crippen LogP contribution is -2.44. The predicted octanol–water partition coefficient (Wildman–Crippen LogP) is 1.67. The highest BCUT2D eigenvalue weighted by Crippen LogP contribution is 2.33. The molecule has 7 nitrogen and oxygen atoms in total. The van der Waals surface area contributed by atoms with Crippen LogP contribution in [0.3, 0.4) is 0 Å². The molecule has 0 unspecified atom stereocenters. The SMILES string of the molecule is CCCCN(C)S(=O)(=O)C1=C(N2CCOCC2)C(=O)c2ccccc2C1=O. The minimum atomic E-state index is -4.10. The normalized spacial score (nSPS) is 18.3. The van der Waals surface area contributed by atoms with Crippen LogP contribution in [0.4, 0.5) is 0 Å². The quantitative estimate of drug-likeness (QED) is 0.732. The Morgan fingerprint density at radius 2 is 1.67 bits per heavy atom. The van der Waals surface area contributed by atoms with Gasteiger partial charge in [0.15, 0.2) is 4.91 Å². The Hall–Kier alpha value is -2.03. The van der Waals surface area contributed by atoms with Crippen LogP contribution in [-0.4, -0.2) is 69.1 Å². The summed E-state index contributed by atoms with van der Waals surface area (Å²) in [6.07, 6.45) is 1.50. The molecule has 3 rings (SSSR count). The average Bonchev–Trinajstić information content (AvgIpc) is 2.69. The fourth-order valence-corrected chi connectivity index (χ4v) is 4.80. The van der Waals surface area contributed by atoms with Gasteiger partial charge < -0.3 is 9.64 Å².